The van der Waals surface area contributed by atoms with Crippen LogP contribution in [-0.4, -0.2) is 5.71 Å². The van der Waals surface area contributed by atoms with E-state index in [4.69, 9.17) is 0 Å². The minimum absolute atomic E-state index is 0. The normalized spacial score (nSPS) is 13.9. The summed E-state index contributed by atoms with van der Waals surface area (Å²) in [6, 6.07) is 36.7. The predicted octanol–water partition coefficient (Wildman–Crippen LogP) is 17.0. The first kappa shape index (κ1) is 52.7. The second-order valence-corrected chi connectivity index (χ2v) is 14.4. The number of benzene rings is 4. The van der Waals surface area contributed by atoms with Gasteiger partial charge in [-0.1, -0.05) is 215 Å². The van der Waals surface area contributed by atoms with Crippen LogP contribution in [-0.2, 0) is 25.7 Å². The molecule has 0 N–H and O–H groups in total. The van der Waals surface area contributed by atoms with E-state index in [-0.39, 0.29) is 7.43 Å². The maximum absolute atomic E-state index is 4.57. The van der Waals surface area contributed by atoms with E-state index in [0.29, 0.717) is 11.8 Å². The summed E-state index contributed by atoms with van der Waals surface area (Å²) >= 11 is 0. The Kier molecular flexibility index (Phi) is 30.1. The Bertz CT molecular complexity index is 1460. The topological polar surface area (TPSA) is 12.4 Å². The van der Waals surface area contributed by atoms with E-state index in [1.54, 1.807) is 22.3 Å². The van der Waals surface area contributed by atoms with E-state index < -0.39 is 0 Å². The SMILES string of the molecule is C.CC.CC.CC.CC.CC(C)C1=Nc2ccccc2C1.CC(C)C1CCc2ccccc21.CC(C)C1Cc2ccccc2C1.CC(C)c1ccccc1. The van der Waals surface area contributed by atoms with Gasteiger partial charge >= 0.3 is 0 Å². The van der Waals surface area contributed by atoms with Crippen molar-refractivity contribution in [3.05, 3.63) is 137 Å². The van der Waals surface area contributed by atoms with Crippen molar-refractivity contribution in [3.8, 4) is 0 Å². The predicted molar refractivity (Wildman–Crippen MR) is 249 cm³/mol. The van der Waals surface area contributed by atoms with Gasteiger partial charge in [0.2, 0.25) is 0 Å². The number of aryl methyl sites for hydroxylation is 1. The number of aliphatic imine (C=N–C) groups is 1. The maximum Gasteiger partial charge on any atom is 0.0665 e. The standard InChI is InChI=1S/2C12H16.C11H13N.C9H12.4C2H6.CH4/c1-9(2)12-7-10-5-3-4-6-11(10)8-12;1-9(2)11-8-7-10-5-3-4-6-12(10)11;1-8(2)11-7-9-5-3-4-6-10(9)12-11;1-8(2)9-6-4-3-5-7-9;4*1-2;/h3-6,9,12H,7-8H2,1-2H3;3-6,9,11H,7-8H2,1-2H3;3-6,8H,7H2,1-2H3;3-8H,1-2H3;4*1-2H3;1H4. The van der Waals surface area contributed by atoms with E-state index in [2.05, 4.69) is 151 Å². The molecule has 0 saturated carbocycles. The van der Waals surface area contributed by atoms with Crippen LogP contribution in [0, 0.1) is 23.7 Å². The molecule has 0 fully saturated rings. The van der Waals surface area contributed by atoms with Gasteiger partial charge in [-0.25, -0.2) is 0 Å². The quantitative estimate of drug-likeness (QED) is 0.198. The second-order valence-electron chi connectivity index (χ2n) is 14.4. The third kappa shape index (κ3) is 17.8. The average Bonchev–Trinajstić information content (AvgIpc) is 3.97. The molecule has 0 aromatic heterocycles. The second kappa shape index (κ2) is 30.8. The summed E-state index contributed by atoms with van der Waals surface area (Å²) in [5.41, 5.74) is 11.6. The van der Waals surface area contributed by atoms with Gasteiger partial charge in [0.1, 0.15) is 0 Å². The monoisotopic (exact) mass is 736 g/mol. The van der Waals surface area contributed by atoms with Gasteiger partial charge in [0.05, 0.1) is 5.69 Å². The lowest BCUT2D eigenvalue weighted by Crippen LogP contribution is -2.07. The van der Waals surface area contributed by atoms with Gasteiger partial charge in [-0.3, -0.25) is 4.99 Å². The van der Waals surface area contributed by atoms with E-state index in [1.165, 1.54) is 48.2 Å². The van der Waals surface area contributed by atoms with Crippen LogP contribution in [0.4, 0.5) is 5.69 Å². The highest BCUT2D eigenvalue weighted by Gasteiger charge is 2.24. The van der Waals surface area contributed by atoms with Gasteiger partial charge in [-0.2, -0.15) is 0 Å². The fourth-order valence-corrected chi connectivity index (χ4v) is 6.68. The zero-order valence-corrected chi connectivity index (χ0v) is 37.3. The van der Waals surface area contributed by atoms with Crippen molar-refractivity contribution in [2.75, 3.05) is 0 Å². The van der Waals surface area contributed by atoms with Crippen molar-refractivity contribution >= 4 is 11.4 Å². The maximum atomic E-state index is 4.57. The third-order valence-corrected chi connectivity index (χ3v) is 9.77. The minimum Gasteiger partial charge on any atom is -0.257 e. The Hall–Kier alpha value is -3.45. The molecule has 1 heteroatoms. The average molecular weight is 736 g/mol. The molecule has 0 bridgehead atoms. The van der Waals surface area contributed by atoms with Crippen molar-refractivity contribution < 1.29 is 0 Å². The number of para-hydroxylation sites is 1. The van der Waals surface area contributed by atoms with Gasteiger partial charge < -0.3 is 0 Å². The molecule has 0 amide bonds. The Morgan fingerprint density at radius 3 is 1.35 bits per heavy atom. The van der Waals surface area contributed by atoms with Gasteiger partial charge in [-0.15, -0.1) is 0 Å². The molecular formula is C53H85N. The fourth-order valence-electron chi connectivity index (χ4n) is 6.68. The van der Waals surface area contributed by atoms with Crippen molar-refractivity contribution in [2.24, 2.45) is 28.7 Å². The Balaban J connectivity index is 0. The summed E-state index contributed by atoms with van der Waals surface area (Å²) in [6.07, 6.45) is 6.30. The number of fused-ring (bicyclic) bond motifs is 3. The highest BCUT2D eigenvalue weighted by Crippen LogP contribution is 2.37. The molecule has 7 rings (SSSR count). The first-order valence-electron chi connectivity index (χ1n) is 21.5. The molecule has 54 heavy (non-hydrogen) atoms. The summed E-state index contributed by atoms with van der Waals surface area (Å²) in [5.74, 6) is 4.58. The van der Waals surface area contributed by atoms with Crippen LogP contribution in [0.3, 0.4) is 0 Å². The first-order chi connectivity index (χ1) is 25.6. The number of rotatable bonds is 4. The molecule has 0 spiro atoms. The number of nitrogens with zero attached hydrogens (tertiary/aromatic N) is 1. The largest absolute Gasteiger partial charge is 0.257 e. The summed E-state index contributed by atoms with van der Waals surface area (Å²) in [6.45, 7) is 34.1. The summed E-state index contributed by atoms with van der Waals surface area (Å²) in [7, 11) is 0. The molecule has 1 aliphatic heterocycles. The summed E-state index contributed by atoms with van der Waals surface area (Å²) < 4.78 is 0. The molecule has 302 valence electrons. The van der Waals surface area contributed by atoms with Crippen LogP contribution in [0.5, 0.6) is 0 Å². The number of hydrogen-bond donors (Lipinski definition) is 0. The van der Waals surface area contributed by atoms with Crippen LogP contribution in [0.25, 0.3) is 0 Å². The summed E-state index contributed by atoms with van der Waals surface area (Å²) in [4.78, 5) is 4.57. The number of hydrogen-bond acceptors (Lipinski definition) is 1. The Labute approximate surface area is 337 Å². The molecule has 4 aromatic carbocycles. The highest BCUT2D eigenvalue weighted by atomic mass is 14.8. The molecule has 1 atom stereocenters. The van der Waals surface area contributed by atoms with E-state index >= 15 is 0 Å². The molecule has 1 nitrogen and oxygen atoms in total. The zero-order valence-electron chi connectivity index (χ0n) is 37.3. The molecule has 0 saturated heterocycles. The van der Waals surface area contributed by atoms with Crippen molar-refractivity contribution in [1.29, 1.82) is 0 Å². The van der Waals surface area contributed by atoms with Gasteiger partial charge in [0.15, 0.2) is 0 Å². The van der Waals surface area contributed by atoms with Crippen LogP contribution >= 0.6 is 0 Å². The molecule has 2 aliphatic carbocycles. The van der Waals surface area contributed by atoms with Crippen molar-refractivity contribution in [3.63, 3.8) is 0 Å². The van der Waals surface area contributed by atoms with Crippen molar-refractivity contribution in [1.82, 2.24) is 0 Å². The molecule has 1 unspecified atom stereocenters. The third-order valence-electron chi connectivity index (χ3n) is 9.77. The molecule has 1 heterocycles. The van der Waals surface area contributed by atoms with E-state index in [9.17, 15) is 0 Å². The van der Waals surface area contributed by atoms with Gasteiger partial charge in [0, 0.05) is 12.1 Å². The lowest BCUT2D eigenvalue weighted by Gasteiger charge is -2.14. The molecule has 3 aliphatic rings. The first-order valence-corrected chi connectivity index (χ1v) is 21.5. The van der Waals surface area contributed by atoms with E-state index in [1.807, 2.05) is 67.5 Å². The van der Waals surface area contributed by atoms with Crippen molar-refractivity contribution in [2.45, 2.75) is 162 Å². The Morgan fingerprint density at radius 1 is 0.481 bits per heavy atom. The van der Waals surface area contributed by atoms with Crippen LogP contribution in [0.1, 0.15) is 170 Å². The lowest BCUT2D eigenvalue weighted by molar-refractivity contribution is 0.404. The van der Waals surface area contributed by atoms with Gasteiger partial charge in [0.25, 0.3) is 0 Å². The molecule has 4 aromatic rings. The van der Waals surface area contributed by atoms with Gasteiger partial charge in [-0.05, 0) is 101 Å². The molecular weight excluding hydrogens is 651 g/mol. The van der Waals surface area contributed by atoms with Crippen LogP contribution in [0.15, 0.2) is 108 Å². The zero-order chi connectivity index (χ0) is 40.3. The highest BCUT2D eigenvalue weighted by molar-refractivity contribution is 5.95. The Morgan fingerprint density at radius 2 is 0.926 bits per heavy atom. The minimum atomic E-state index is 0. The molecule has 0 radical (unpaired) electrons. The van der Waals surface area contributed by atoms with E-state index in [0.717, 1.165) is 30.1 Å². The lowest BCUT2D eigenvalue weighted by atomic mass is 9.90. The fraction of sp³-hybridized carbons (Fsp3) is 0.528. The smallest absolute Gasteiger partial charge is 0.0665 e. The van der Waals surface area contributed by atoms with Crippen LogP contribution in [0.2, 0.25) is 0 Å². The summed E-state index contributed by atoms with van der Waals surface area (Å²) in [5, 5.41) is 0. The van der Waals surface area contributed by atoms with Crippen LogP contribution < -0.4 is 0 Å².